The van der Waals surface area contributed by atoms with E-state index in [9.17, 15) is 0 Å². The number of hydrogen-bond acceptors (Lipinski definition) is 3. The zero-order chi connectivity index (χ0) is 10.6. The Hall–Kier alpha value is -0.120. The van der Waals surface area contributed by atoms with Crippen LogP contribution in [-0.2, 0) is 4.74 Å². The van der Waals surface area contributed by atoms with Crippen LogP contribution in [0.25, 0.3) is 0 Å². The minimum atomic E-state index is 0.229. The van der Waals surface area contributed by atoms with Crippen LogP contribution in [-0.4, -0.2) is 49.8 Å². The maximum Gasteiger partial charge on any atom is 0.0594 e. The minimum Gasteiger partial charge on any atom is -0.379 e. The molecule has 1 atom stereocenters. The second kappa shape index (κ2) is 5.10. The molecular formula is C11H24N2O. The van der Waals surface area contributed by atoms with Crippen molar-refractivity contribution in [3.63, 3.8) is 0 Å². The van der Waals surface area contributed by atoms with Crippen molar-refractivity contribution in [2.24, 2.45) is 0 Å². The van der Waals surface area contributed by atoms with Crippen molar-refractivity contribution < 1.29 is 4.74 Å². The van der Waals surface area contributed by atoms with Crippen LogP contribution in [0.15, 0.2) is 0 Å². The molecular weight excluding hydrogens is 176 g/mol. The molecule has 14 heavy (non-hydrogen) atoms. The molecule has 3 nitrogen and oxygen atoms in total. The Bertz CT molecular complexity index is 161. The molecule has 3 heteroatoms. The number of rotatable bonds is 4. The van der Waals surface area contributed by atoms with Gasteiger partial charge in [0.2, 0.25) is 0 Å². The van der Waals surface area contributed by atoms with Crippen molar-refractivity contribution in [1.29, 1.82) is 0 Å². The molecule has 0 aromatic heterocycles. The Labute approximate surface area is 87.8 Å². The van der Waals surface area contributed by atoms with Crippen molar-refractivity contribution in [3.05, 3.63) is 0 Å². The lowest BCUT2D eigenvalue weighted by molar-refractivity contribution is -0.0228. The van der Waals surface area contributed by atoms with Gasteiger partial charge in [-0.05, 0) is 27.3 Å². The summed E-state index contributed by atoms with van der Waals surface area (Å²) in [6.07, 6.45) is 1.17. The number of nitrogens with one attached hydrogen (secondary N) is 1. The van der Waals surface area contributed by atoms with E-state index in [-0.39, 0.29) is 5.54 Å². The second-order valence-corrected chi connectivity index (χ2v) is 4.50. The van der Waals surface area contributed by atoms with Crippen LogP contribution in [0, 0.1) is 0 Å². The number of nitrogens with zero attached hydrogens (tertiary/aromatic N) is 1. The molecule has 84 valence electrons. The van der Waals surface area contributed by atoms with E-state index in [1.807, 2.05) is 0 Å². The fraction of sp³-hybridized carbons (Fsp3) is 1.00. The smallest absolute Gasteiger partial charge is 0.0594 e. The van der Waals surface area contributed by atoms with Crippen LogP contribution in [0.3, 0.4) is 0 Å². The van der Waals surface area contributed by atoms with Gasteiger partial charge in [0, 0.05) is 24.7 Å². The summed E-state index contributed by atoms with van der Waals surface area (Å²) in [6, 6.07) is 0.556. The molecule has 0 aromatic rings. The van der Waals surface area contributed by atoms with E-state index in [0.29, 0.717) is 6.04 Å². The SMILES string of the molecule is CCC(NC)C(C)(C)N1CCOCC1. The normalized spacial score (nSPS) is 22.3. The highest BCUT2D eigenvalue weighted by Crippen LogP contribution is 2.22. The average Bonchev–Trinajstić information content (AvgIpc) is 2.20. The van der Waals surface area contributed by atoms with Crippen molar-refractivity contribution >= 4 is 0 Å². The molecule has 0 bridgehead atoms. The average molecular weight is 200 g/mol. The highest BCUT2D eigenvalue weighted by molar-refractivity contribution is 4.92. The van der Waals surface area contributed by atoms with Gasteiger partial charge >= 0.3 is 0 Å². The van der Waals surface area contributed by atoms with Crippen molar-refractivity contribution in [2.45, 2.75) is 38.8 Å². The second-order valence-electron chi connectivity index (χ2n) is 4.50. The molecule has 1 saturated heterocycles. The third-order valence-corrected chi connectivity index (χ3v) is 3.44. The van der Waals surface area contributed by atoms with Gasteiger partial charge in [-0.15, -0.1) is 0 Å². The predicted molar refractivity (Wildman–Crippen MR) is 59.6 cm³/mol. The number of morpholine rings is 1. The van der Waals surface area contributed by atoms with Gasteiger partial charge in [0.15, 0.2) is 0 Å². The van der Waals surface area contributed by atoms with Crippen molar-refractivity contribution in [2.75, 3.05) is 33.4 Å². The van der Waals surface area contributed by atoms with Crippen LogP contribution in [0.5, 0.6) is 0 Å². The molecule has 0 spiro atoms. The Kier molecular flexibility index (Phi) is 4.35. The van der Waals surface area contributed by atoms with E-state index in [4.69, 9.17) is 4.74 Å². The molecule has 0 amide bonds. The maximum atomic E-state index is 5.38. The predicted octanol–water partition coefficient (Wildman–Crippen LogP) is 1.10. The largest absolute Gasteiger partial charge is 0.379 e. The summed E-state index contributed by atoms with van der Waals surface area (Å²) in [4.78, 5) is 2.53. The quantitative estimate of drug-likeness (QED) is 0.735. The molecule has 1 rings (SSSR count). The van der Waals surface area contributed by atoms with E-state index in [2.05, 4.69) is 38.0 Å². The number of likely N-dealkylation sites (N-methyl/N-ethyl adjacent to an activating group) is 1. The Morgan fingerprint density at radius 2 is 1.93 bits per heavy atom. The van der Waals surface area contributed by atoms with Crippen LogP contribution >= 0.6 is 0 Å². The summed E-state index contributed by atoms with van der Waals surface area (Å²) in [7, 11) is 2.05. The summed E-state index contributed by atoms with van der Waals surface area (Å²) in [5.41, 5.74) is 0.229. The van der Waals surface area contributed by atoms with Gasteiger partial charge in [-0.1, -0.05) is 6.92 Å². The number of ether oxygens (including phenoxy) is 1. The van der Waals surface area contributed by atoms with Crippen molar-refractivity contribution in [1.82, 2.24) is 10.2 Å². The van der Waals surface area contributed by atoms with E-state index in [0.717, 1.165) is 26.3 Å². The highest BCUT2D eigenvalue weighted by Gasteiger charge is 2.34. The lowest BCUT2D eigenvalue weighted by Gasteiger charge is -2.45. The minimum absolute atomic E-state index is 0.229. The maximum absolute atomic E-state index is 5.38. The molecule has 1 aliphatic heterocycles. The number of hydrogen-bond donors (Lipinski definition) is 1. The van der Waals surface area contributed by atoms with Crippen LogP contribution < -0.4 is 5.32 Å². The van der Waals surface area contributed by atoms with Crippen LogP contribution in [0.2, 0.25) is 0 Å². The molecule has 1 heterocycles. The van der Waals surface area contributed by atoms with E-state index in [1.54, 1.807) is 0 Å². The molecule has 1 aliphatic rings. The van der Waals surface area contributed by atoms with Gasteiger partial charge in [-0.3, -0.25) is 4.90 Å². The zero-order valence-electron chi connectivity index (χ0n) is 9.97. The van der Waals surface area contributed by atoms with E-state index in [1.165, 1.54) is 6.42 Å². The molecule has 0 radical (unpaired) electrons. The molecule has 0 saturated carbocycles. The topological polar surface area (TPSA) is 24.5 Å². The third-order valence-electron chi connectivity index (χ3n) is 3.44. The van der Waals surface area contributed by atoms with E-state index < -0.39 is 0 Å². The third kappa shape index (κ3) is 2.47. The summed E-state index contributed by atoms with van der Waals surface area (Å²) in [5.74, 6) is 0. The highest BCUT2D eigenvalue weighted by atomic mass is 16.5. The summed E-state index contributed by atoms with van der Waals surface area (Å²) in [5, 5.41) is 3.41. The fourth-order valence-electron chi connectivity index (χ4n) is 2.42. The first-order valence-electron chi connectivity index (χ1n) is 5.63. The lowest BCUT2D eigenvalue weighted by Crippen LogP contribution is -2.59. The van der Waals surface area contributed by atoms with Crippen molar-refractivity contribution in [3.8, 4) is 0 Å². The molecule has 1 fully saturated rings. The first-order valence-corrected chi connectivity index (χ1v) is 5.63. The van der Waals surface area contributed by atoms with Gasteiger partial charge in [0.25, 0.3) is 0 Å². The molecule has 1 N–H and O–H groups in total. The zero-order valence-corrected chi connectivity index (χ0v) is 9.97. The lowest BCUT2D eigenvalue weighted by atomic mass is 9.90. The van der Waals surface area contributed by atoms with Gasteiger partial charge in [-0.25, -0.2) is 0 Å². The van der Waals surface area contributed by atoms with Gasteiger partial charge in [-0.2, -0.15) is 0 Å². The monoisotopic (exact) mass is 200 g/mol. The Morgan fingerprint density at radius 3 is 2.36 bits per heavy atom. The first kappa shape index (κ1) is 12.0. The standard InChI is InChI=1S/C11H24N2O/c1-5-10(12-4)11(2,3)13-6-8-14-9-7-13/h10,12H,5-9H2,1-4H3. The van der Waals surface area contributed by atoms with Gasteiger partial charge in [0.05, 0.1) is 13.2 Å². The first-order chi connectivity index (χ1) is 6.62. The Balaban J connectivity index is 2.60. The van der Waals surface area contributed by atoms with Crippen LogP contribution in [0.4, 0.5) is 0 Å². The molecule has 1 unspecified atom stereocenters. The van der Waals surface area contributed by atoms with Crippen LogP contribution in [0.1, 0.15) is 27.2 Å². The summed E-state index contributed by atoms with van der Waals surface area (Å²) < 4.78 is 5.38. The Morgan fingerprint density at radius 1 is 1.36 bits per heavy atom. The molecule has 0 aliphatic carbocycles. The summed E-state index contributed by atoms with van der Waals surface area (Å²) in [6.45, 7) is 10.8. The van der Waals surface area contributed by atoms with Gasteiger partial charge in [0.1, 0.15) is 0 Å². The van der Waals surface area contributed by atoms with E-state index >= 15 is 0 Å². The summed E-state index contributed by atoms with van der Waals surface area (Å²) >= 11 is 0. The van der Waals surface area contributed by atoms with Gasteiger partial charge < -0.3 is 10.1 Å². The molecule has 0 aromatic carbocycles. The fourth-order valence-corrected chi connectivity index (χ4v) is 2.42.